The highest BCUT2D eigenvalue weighted by atomic mass is 16.5. The van der Waals surface area contributed by atoms with E-state index in [1.807, 2.05) is 0 Å². The molecule has 3 rings (SSSR count). The first-order chi connectivity index (χ1) is 11.7. The van der Waals surface area contributed by atoms with E-state index < -0.39 is 6.10 Å². The Morgan fingerprint density at radius 3 is 2.29 bits per heavy atom. The molecule has 0 saturated heterocycles. The van der Waals surface area contributed by atoms with Gasteiger partial charge in [-0.1, -0.05) is 0 Å². The summed E-state index contributed by atoms with van der Waals surface area (Å²) in [4.78, 5) is 12.4. The lowest BCUT2D eigenvalue weighted by atomic mass is 10.1. The van der Waals surface area contributed by atoms with Gasteiger partial charge >= 0.3 is 0 Å². The third-order valence-corrected chi connectivity index (χ3v) is 3.52. The number of aromatic nitrogens is 2. The highest BCUT2D eigenvalue weighted by Crippen LogP contribution is 2.22. The number of carbonyl (C=O) groups excluding carboxylic acids is 1. The molecule has 6 nitrogen and oxygen atoms in total. The van der Waals surface area contributed by atoms with Crippen molar-refractivity contribution in [1.29, 1.82) is 0 Å². The molecule has 0 spiro atoms. The Balaban J connectivity index is 1.67. The lowest BCUT2D eigenvalue weighted by molar-refractivity contribution is 0.0818. The average molecular weight is 324 g/mol. The van der Waals surface area contributed by atoms with Crippen LogP contribution in [0.25, 0.3) is 11.5 Å². The van der Waals surface area contributed by atoms with Crippen LogP contribution in [-0.2, 0) is 0 Å². The smallest absolute Gasteiger partial charge is 0.247 e. The monoisotopic (exact) mass is 324 g/mol. The molecule has 0 saturated carbocycles. The second-order valence-electron chi connectivity index (χ2n) is 5.12. The number of benzene rings is 2. The van der Waals surface area contributed by atoms with Crippen LogP contribution in [0, 0.1) is 0 Å². The van der Waals surface area contributed by atoms with E-state index in [0.717, 1.165) is 5.56 Å². The number of carbonyl (C=O) groups is 1. The molecule has 6 heteroatoms. The molecule has 1 heterocycles. The number of ketones is 1. The summed E-state index contributed by atoms with van der Waals surface area (Å²) in [6.45, 7) is 1.72. The molecule has 0 amide bonds. The Morgan fingerprint density at radius 2 is 1.71 bits per heavy atom. The molecule has 24 heavy (non-hydrogen) atoms. The molecule has 1 aromatic heterocycles. The number of Topliss-reactive ketones (excluding diaryl/α,β-unsaturated/α-hetero) is 1. The zero-order chi connectivity index (χ0) is 16.9. The molecule has 1 atom stereocenters. The minimum atomic E-state index is -0.604. The van der Waals surface area contributed by atoms with Crippen molar-refractivity contribution in [3.05, 3.63) is 60.5 Å². The summed E-state index contributed by atoms with van der Waals surface area (Å²) in [6, 6.07) is 14.1. The molecule has 0 aliphatic heterocycles. The summed E-state index contributed by atoms with van der Waals surface area (Å²) in [6.07, 6.45) is 0.669. The highest BCUT2D eigenvalue weighted by molar-refractivity contribution is 5.99. The van der Waals surface area contributed by atoms with Crippen LogP contribution < -0.4 is 9.47 Å². The number of ether oxygens (including phenoxy) is 2. The minimum absolute atomic E-state index is 0.0985. The van der Waals surface area contributed by atoms with E-state index in [4.69, 9.17) is 13.9 Å². The Morgan fingerprint density at radius 1 is 1.04 bits per heavy atom. The summed E-state index contributed by atoms with van der Waals surface area (Å²) >= 11 is 0. The van der Waals surface area contributed by atoms with E-state index in [1.165, 1.54) is 6.39 Å². The Kier molecular flexibility index (Phi) is 4.56. The van der Waals surface area contributed by atoms with Crippen molar-refractivity contribution in [1.82, 2.24) is 10.2 Å². The predicted octanol–water partition coefficient (Wildman–Crippen LogP) is 3.40. The minimum Gasteiger partial charge on any atom is -0.497 e. The van der Waals surface area contributed by atoms with Gasteiger partial charge in [0.25, 0.3) is 0 Å². The number of nitrogens with zero attached hydrogens (tertiary/aromatic N) is 2. The lowest BCUT2D eigenvalue weighted by Gasteiger charge is -2.14. The summed E-state index contributed by atoms with van der Waals surface area (Å²) in [5.74, 6) is 1.63. The van der Waals surface area contributed by atoms with Crippen molar-refractivity contribution in [2.75, 3.05) is 7.11 Å². The Bertz CT molecular complexity index is 796. The quantitative estimate of drug-likeness (QED) is 0.647. The molecule has 0 bridgehead atoms. The second-order valence-corrected chi connectivity index (χ2v) is 5.12. The Labute approximate surface area is 139 Å². The molecule has 0 fully saturated rings. The van der Waals surface area contributed by atoms with Gasteiger partial charge in [0.05, 0.1) is 7.11 Å². The first-order valence-corrected chi connectivity index (χ1v) is 7.39. The van der Waals surface area contributed by atoms with Crippen molar-refractivity contribution < 1.29 is 18.7 Å². The number of methoxy groups -OCH3 is 1. The van der Waals surface area contributed by atoms with Gasteiger partial charge in [-0.15, -0.1) is 10.2 Å². The first-order valence-electron chi connectivity index (χ1n) is 7.39. The molecule has 0 aliphatic carbocycles. The topological polar surface area (TPSA) is 74.5 Å². The van der Waals surface area contributed by atoms with E-state index in [1.54, 1.807) is 62.6 Å². The van der Waals surface area contributed by atoms with Gasteiger partial charge < -0.3 is 13.9 Å². The van der Waals surface area contributed by atoms with Crippen LogP contribution in [0.5, 0.6) is 11.5 Å². The van der Waals surface area contributed by atoms with Gasteiger partial charge in [0, 0.05) is 11.1 Å². The maximum absolute atomic E-state index is 12.4. The summed E-state index contributed by atoms with van der Waals surface area (Å²) < 4.78 is 15.9. The maximum atomic E-state index is 12.4. The fraction of sp³-hybridized carbons (Fsp3) is 0.167. The fourth-order valence-electron chi connectivity index (χ4n) is 2.22. The molecular weight excluding hydrogens is 308 g/mol. The second kappa shape index (κ2) is 6.95. The molecule has 0 aliphatic rings. The lowest BCUT2D eigenvalue weighted by Crippen LogP contribution is -2.23. The fourth-order valence-corrected chi connectivity index (χ4v) is 2.22. The normalized spacial score (nSPS) is 11.8. The molecule has 3 aromatic rings. The van der Waals surface area contributed by atoms with Crippen molar-refractivity contribution in [3.8, 4) is 23.0 Å². The molecule has 0 radical (unpaired) electrons. The summed E-state index contributed by atoms with van der Waals surface area (Å²) in [5.41, 5.74) is 1.36. The van der Waals surface area contributed by atoms with Gasteiger partial charge in [-0.3, -0.25) is 4.79 Å². The number of rotatable bonds is 6. The van der Waals surface area contributed by atoms with Crippen molar-refractivity contribution in [2.45, 2.75) is 13.0 Å². The van der Waals surface area contributed by atoms with E-state index >= 15 is 0 Å². The largest absolute Gasteiger partial charge is 0.497 e. The number of hydrogen-bond donors (Lipinski definition) is 0. The van der Waals surface area contributed by atoms with E-state index in [0.29, 0.717) is 23.0 Å². The van der Waals surface area contributed by atoms with Crippen molar-refractivity contribution in [3.63, 3.8) is 0 Å². The van der Waals surface area contributed by atoms with Gasteiger partial charge in [-0.05, 0) is 55.5 Å². The van der Waals surface area contributed by atoms with Crippen molar-refractivity contribution >= 4 is 5.78 Å². The molecular formula is C18H16N2O4. The number of hydrogen-bond acceptors (Lipinski definition) is 6. The summed E-state index contributed by atoms with van der Waals surface area (Å²) in [7, 11) is 1.58. The molecule has 122 valence electrons. The average Bonchev–Trinajstić information content (AvgIpc) is 3.16. The third kappa shape index (κ3) is 3.43. The van der Waals surface area contributed by atoms with Gasteiger partial charge in [0.1, 0.15) is 11.5 Å². The van der Waals surface area contributed by atoms with Gasteiger partial charge in [-0.2, -0.15) is 0 Å². The SMILES string of the molecule is COc1ccc(C(=O)C(C)Oc2ccc(-c3nnco3)cc2)cc1. The first kappa shape index (κ1) is 15.7. The predicted molar refractivity (Wildman–Crippen MR) is 87.1 cm³/mol. The zero-order valence-electron chi connectivity index (χ0n) is 13.3. The van der Waals surface area contributed by atoms with Crippen LogP contribution in [-0.4, -0.2) is 29.2 Å². The standard InChI is InChI=1S/C18H16N2O4/c1-12(17(21)13-3-7-15(22-2)8-4-13)24-16-9-5-14(6-10-16)18-20-19-11-23-18/h3-12H,1-2H3. The van der Waals surface area contributed by atoms with E-state index in [2.05, 4.69) is 10.2 Å². The third-order valence-electron chi connectivity index (χ3n) is 3.52. The van der Waals surface area contributed by atoms with Crippen LogP contribution >= 0.6 is 0 Å². The zero-order valence-corrected chi connectivity index (χ0v) is 13.3. The van der Waals surface area contributed by atoms with Crippen LogP contribution in [0.1, 0.15) is 17.3 Å². The van der Waals surface area contributed by atoms with Crippen LogP contribution in [0.3, 0.4) is 0 Å². The highest BCUT2D eigenvalue weighted by Gasteiger charge is 2.17. The van der Waals surface area contributed by atoms with E-state index in [-0.39, 0.29) is 5.78 Å². The van der Waals surface area contributed by atoms with Crippen molar-refractivity contribution in [2.24, 2.45) is 0 Å². The molecule has 0 N–H and O–H groups in total. The molecule has 1 unspecified atom stereocenters. The van der Waals surface area contributed by atoms with Gasteiger partial charge in [0.2, 0.25) is 18.1 Å². The van der Waals surface area contributed by atoms with Crippen LogP contribution in [0.15, 0.2) is 59.3 Å². The maximum Gasteiger partial charge on any atom is 0.247 e. The van der Waals surface area contributed by atoms with Gasteiger partial charge in [-0.25, -0.2) is 0 Å². The van der Waals surface area contributed by atoms with Gasteiger partial charge in [0.15, 0.2) is 6.10 Å². The summed E-state index contributed by atoms with van der Waals surface area (Å²) in [5, 5.41) is 7.47. The molecule has 2 aromatic carbocycles. The van der Waals surface area contributed by atoms with E-state index in [9.17, 15) is 4.79 Å². The van der Waals surface area contributed by atoms with Crippen LogP contribution in [0.4, 0.5) is 0 Å². The Hall–Kier alpha value is -3.15. The van der Waals surface area contributed by atoms with Crippen LogP contribution in [0.2, 0.25) is 0 Å².